The number of esters is 1. The van der Waals surface area contributed by atoms with Gasteiger partial charge in [0.05, 0.1) is 6.26 Å². The van der Waals surface area contributed by atoms with E-state index in [9.17, 15) is 4.79 Å². The summed E-state index contributed by atoms with van der Waals surface area (Å²) in [4.78, 5) is 10.5. The molecule has 70 valence electrons. The van der Waals surface area contributed by atoms with Crippen LogP contribution in [0.15, 0.2) is 25.0 Å². The van der Waals surface area contributed by atoms with Crippen molar-refractivity contribution in [3.63, 3.8) is 0 Å². The van der Waals surface area contributed by atoms with Gasteiger partial charge in [-0.15, -0.1) is 0 Å². The number of rotatable bonds is 2. The lowest BCUT2D eigenvalue weighted by molar-refractivity contribution is -0.159. The predicted octanol–water partition coefficient (Wildman–Crippen LogP) is 1.13. The highest BCUT2D eigenvalue weighted by Crippen LogP contribution is 1.94. The second kappa shape index (κ2) is 7.81. The fourth-order valence-electron chi connectivity index (χ4n) is 0.255. The maximum Gasteiger partial charge on any atom is 0.335 e. The van der Waals surface area contributed by atoms with Crippen molar-refractivity contribution < 1.29 is 19.7 Å². The van der Waals surface area contributed by atoms with Crippen LogP contribution in [-0.4, -0.2) is 22.5 Å². The molecule has 0 aromatic carbocycles. The Balaban J connectivity index is 0. The Hall–Kier alpha value is -1.29. The molecule has 0 aromatic rings. The lowest BCUT2D eigenvalue weighted by atomic mass is 10.4. The third kappa shape index (κ3) is 11.5. The van der Waals surface area contributed by atoms with Crippen LogP contribution in [-0.2, 0) is 9.53 Å². The van der Waals surface area contributed by atoms with Crippen molar-refractivity contribution in [3.8, 4) is 0 Å². The zero-order chi connectivity index (χ0) is 10.1. The van der Waals surface area contributed by atoms with E-state index in [0.717, 1.165) is 6.26 Å². The fraction of sp³-hybridized carbons (Fsp3) is 0.375. The first-order chi connectivity index (χ1) is 5.45. The van der Waals surface area contributed by atoms with Crippen LogP contribution in [0.3, 0.4) is 0 Å². The van der Waals surface area contributed by atoms with Gasteiger partial charge in [-0.05, 0) is 13.8 Å². The molecule has 12 heavy (non-hydrogen) atoms. The molecule has 0 radical (unpaired) electrons. The predicted molar refractivity (Wildman–Crippen MR) is 45.4 cm³/mol. The number of carbonyl (C=O) groups is 1. The van der Waals surface area contributed by atoms with Crippen molar-refractivity contribution in [1.82, 2.24) is 0 Å². The van der Waals surface area contributed by atoms with Gasteiger partial charge in [-0.3, -0.25) is 0 Å². The van der Waals surface area contributed by atoms with Gasteiger partial charge in [0, 0.05) is 5.57 Å². The third-order valence-corrected chi connectivity index (χ3v) is 0.626. The summed E-state index contributed by atoms with van der Waals surface area (Å²) < 4.78 is 4.33. The van der Waals surface area contributed by atoms with Gasteiger partial charge in [-0.25, -0.2) is 4.79 Å². The number of hydrogen-bond acceptors (Lipinski definition) is 4. The van der Waals surface area contributed by atoms with Crippen molar-refractivity contribution in [2.24, 2.45) is 0 Å². The van der Waals surface area contributed by atoms with Crippen LogP contribution in [0.4, 0.5) is 0 Å². The quantitative estimate of drug-likeness (QED) is 0.285. The SMILES string of the molecule is C=C(C)C(=O)OC(C)O.C=CO. The molecule has 1 unspecified atom stereocenters. The van der Waals surface area contributed by atoms with Crippen molar-refractivity contribution >= 4 is 5.97 Å². The van der Waals surface area contributed by atoms with E-state index in [0.29, 0.717) is 0 Å². The number of carbonyl (C=O) groups excluding carboxylic acids is 1. The summed E-state index contributed by atoms with van der Waals surface area (Å²) in [5.41, 5.74) is 0.288. The largest absolute Gasteiger partial charge is 0.516 e. The van der Waals surface area contributed by atoms with Crippen LogP contribution in [0.25, 0.3) is 0 Å². The van der Waals surface area contributed by atoms with E-state index < -0.39 is 12.3 Å². The fourth-order valence-corrected chi connectivity index (χ4v) is 0.255. The zero-order valence-corrected chi connectivity index (χ0v) is 7.28. The Kier molecular flexibility index (Phi) is 8.67. The smallest absolute Gasteiger partial charge is 0.335 e. The van der Waals surface area contributed by atoms with Gasteiger partial charge in [-0.1, -0.05) is 13.2 Å². The number of aliphatic hydroxyl groups is 2. The van der Waals surface area contributed by atoms with Gasteiger partial charge in [0.25, 0.3) is 0 Å². The van der Waals surface area contributed by atoms with Gasteiger partial charge in [0.2, 0.25) is 0 Å². The average Bonchev–Trinajstić information content (AvgIpc) is 1.87. The van der Waals surface area contributed by atoms with E-state index >= 15 is 0 Å². The van der Waals surface area contributed by atoms with Gasteiger partial charge < -0.3 is 14.9 Å². The highest BCUT2D eigenvalue weighted by atomic mass is 16.6. The first kappa shape index (κ1) is 13.3. The van der Waals surface area contributed by atoms with E-state index in [2.05, 4.69) is 17.9 Å². The molecular formula is C8H14O4. The number of ether oxygens (including phenoxy) is 1. The molecule has 0 spiro atoms. The van der Waals surface area contributed by atoms with E-state index in [-0.39, 0.29) is 5.57 Å². The molecule has 2 N–H and O–H groups in total. The van der Waals surface area contributed by atoms with E-state index in [1.807, 2.05) is 0 Å². The first-order valence-electron chi connectivity index (χ1n) is 3.25. The summed E-state index contributed by atoms with van der Waals surface area (Å²) in [6, 6.07) is 0. The second-order valence-electron chi connectivity index (χ2n) is 1.97. The number of aliphatic hydroxyl groups excluding tert-OH is 2. The van der Waals surface area contributed by atoms with Gasteiger partial charge in [0.15, 0.2) is 6.29 Å². The van der Waals surface area contributed by atoms with Crippen LogP contribution in [0.2, 0.25) is 0 Å². The topological polar surface area (TPSA) is 66.8 Å². The van der Waals surface area contributed by atoms with Crippen LogP contribution in [0.5, 0.6) is 0 Å². The Bertz CT molecular complexity index is 160. The Morgan fingerprint density at radius 1 is 1.67 bits per heavy atom. The maximum absolute atomic E-state index is 10.5. The molecule has 0 heterocycles. The molecular weight excluding hydrogens is 160 g/mol. The lowest BCUT2D eigenvalue weighted by Crippen LogP contribution is -2.13. The summed E-state index contributed by atoms with van der Waals surface area (Å²) in [5.74, 6) is -0.565. The monoisotopic (exact) mass is 174 g/mol. The Morgan fingerprint density at radius 3 is 2.08 bits per heavy atom. The van der Waals surface area contributed by atoms with Crippen molar-refractivity contribution in [1.29, 1.82) is 0 Å². The molecule has 0 saturated carbocycles. The van der Waals surface area contributed by atoms with Gasteiger partial charge in [0.1, 0.15) is 0 Å². The molecule has 0 aliphatic rings. The van der Waals surface area contributed by atoms with Crippen LogP contribution in [0, 0.1) is 0 Å². The Labute approximate surface area is 71.8 Å². The molecule has 0 aliphatic heterocycles. The molecule has 0 rings (SSSR count). The molecule has 1 atom stereocenters. The van der Waals surface area contributed by atoms with E-state index in [4.69, 9.17) is 10.2 Å². The standard InChI is InChI=1S/C6H10O3.C2H4O/c1-4(2)6(8)9-5(3)7;1-2-3/h5,7H,1H2,2-3H3;2-3H,1H2. The van der Waals surface area contributed by atoms with Crippen molar-refractivity contribution in [3.05, 3.63) is 25.0 Å². The lowest BCUT2D eigenvalue weighted by Gasteiger charge is -2.04. The molecule has 4 heteroatoms. The molecule has 0 bridgehead atoms. The van der Waals surface area contributed by atoms with Crippen molar-refractivity contribution in [2.45, 2.75) is 20.1 Å². The molecule has 0 saturated heterocycles. The van der Waals surface area contributed by atoms with Crippen LogP contribution >= 0.6 is 0 Å². The van der Waals surface area contributed by atoms with Gasteiger partial charge in [-0.2, -0.15) is 0 Å². The van der Waals surface area contributed by atoms with Gasteiger partial charge >= 0.3 is 5.97 Å². The summed E-state index contributed by atoms with van der Waals surface area (Å²) in [7, 11) is 0. The summed E-state index contributed by atoms with van der Waals surface area (Å²) >= 11 is 0. The molecule has 0 fully saturated rings. The van der Waals surface area contributed by atoms with E-state index in [1.165, 1.54) is 13.8 Å². The summed E-state index contributed by atoms with van der Waals surface area (Å²) in [5, 5.41) is 15.8. The zero-order valence-electron chi connectivity index (χ0n) is 7.28. The average molecular weight is 174 g/mol. The third-order valence-electron chi connectivity index (χ3n) is 0.626. The van der Waals surface area contributed by atoms with Crippen molar-refractivity contribution in [2.75, 3.05) is 0 Å². The molecule has 0 aromatic heterocycles. The summed E-state index contributed by atoms with van der Waals surface area (Å²) in [6.45, 7) is 9.12. The minimum atomic E-state index is -1.05. The van der Waals surface area contributed by atoms with Crippen LogP contribution < -0.4 is 0 Å². The van der Waals surface area contributed by atoms with E-state index in [1.54, 1.807) is 0 Å². The molecule has 0 aliphatic carbocycles. The second-order valence-corrected chi connectivity index (χ2v) is 1.97. The van der Waals surface area contributed by atoms with Crippen LogP contribution in [0.1, 0.15) is 13.8 Å². The molecule has 0 amide bonds. The number of hydrogen-bond donors (Lipinski definition) is 2. The molecule has 4 nitrogen and oxygen atoms in total. The first-order valence-corrected chi connectivity index (χ1v) is 3.25. The highest BCUT2D eigenvalue weighted by Gasteiger charge is 2.04. The maximum atomic E-state index is 10.5. The minimum absolute atomic E-state index is 0.288. The minimum Gasteiger partial charge on any atom is -0.516 e. The normalized spacial score (nSPS) is 10.2. The Morgan fingerprint density at radius 2 is 2.00 bits per heavy atom. The highest BCUT2D eigenvalue weighted by molar-refractivity contribution is 5.86. The summed E-state index contributed by atoms with van der Waals surface area (Å²) in [6.07, 6.45) is -0.297.